The number of aliphatic hydroxyl groups is 1. The van der Waals surface area contributed by atoms with E-state index in [2.05, 4.69) is 13.5 Å². The van der Waals surface area contributed by atoms with Crippen molar-refractivity contribution >= 4 is 0 Å². The van der Waals surface area contributed by atoms with E-state index < -0.39 is 0 Å². The lowest BCUT2D eigenvalue weighted by atomic mass is 10.2. The molecular weight excluding hydrogens is 124 g/mol. The van der Waals surface area contributed by atoms with Crippen molar-refractivity contribution in [2.24, 2.45) is 0 Å². The van der Waals surface area contributed by atoms with E-state index in [9.17, 15) is 0 Å². The summed E-state index contributed by atoms with van der Waals surface area (Å²) in [4.78, 5) is 0. The summed E-state index contributed by atoms with van der Waals surface area (Å²) >= 11 is 0. The molecule has 0 aliphatic carbocycles. The molecule has 0 heterocycles. The van der Waals surface area contributed by atoms with Crippen LogP contribution in [-0.2, 0) is 0 Å². The van der Waals surface area contributed by atoms with Crippen molar-refractivity contribution in [1.29, 1.82) is 0 Å². The van der Waals surface area contributed by atoms with Crippen LogP contribution in [0, 0.1) is 0 Å². The van der Waals surface area contributed by atoms with Crippen LogP contribution >= 0.6 is 0 Å². The van der Waals surface area contributed by atoms with E-state index in [1.807, 2.05) is 0 Å². The molecule has 0 saturated carbocycles. The Kier molecular flexibility index (Phi) is 5.94. The molecule has 0 spiro atoms. The quantitative estimate of drug-likeness (QED) is 0.353. The topological polar surface area (TPSA) is 20.2 Å². The highest BCUT2D eigenvalue weighted by molar-refractivity contribution is 5.02. The summed E-state index contributed by atoms with van der Waals surface area (Å²) in [5, 5.41) is 9.07. The van der Waals surface area contributed by atoms with Gasteiger partial charge in [0.25, 0.3) is 0 Å². The maximum atomic E-state index is 9.07. The molecule has 0 rings (SSSR count). The van der Waals surface area contributed by atoms with Gasteiger partial charge in [0.15, 0.2) is 0 Å². The molecule has 0 atom stereocenters. The number of unbranched alkanes of at least 4 members (excludes halogenated alkanes) is 2. The van der Waals surface area contributed by atoms with Crippen molar-refractivity contribution in [1.82, 2.24) is 0 Å². The molecule has 0 unspecified atom stereocenters. The van der Waals surface area contributed by atoms with Crippen molar-refractivity contribution in [3.05, 3.63) is 24.5 Å². The Morgan fingerprint density at radius 3 is 2.70 bits per heavy atom. The molecule has 0 saturated heterocycles. The third-order valence-corrected chi connectivity index (χ3v) is 1.35. The largest absolute Gasteiger partial charge is 0.512 e. The summed E-state index contributed by atoms with van der Waals surface area (Å²) in [5.41, 5.74) is 0. The Morgan fingerprint density at radius 2 is 2.20 bits per heavy atom. The van der Waals surface area contributed by atoms with Crippen molar-refractivity contribution < 1.29 is 5.11 Å². The van der Waals surface area contributed by atoms with E-state index >= 15 is 0 Å². The van der Waals surface area contributed by atoms with Crippen LogP contribution in [0.5, 0.6) is 0 Å². The molecule has 1 N–H and O–H groups in total. The average Bonchev–Trinajstić information content (AvgIpc) is 1.89. The SMILES string of the molecule is C=CC=C(O)CCCCC. The first kappa shape index (κ1) is 9.28. The Morgan fingerprint density at radius 1 is 1.50 bits per heavy atom. The van der Waals surface area contributed by atoms with Gasteiger partial charge in [0.2, 0.25) is 0 Å². The minimum absolute atomic E-state index is 0.448. The number of hydrogen-bond donors (Lipinski definition) is 1. The van der Waals surface area contributed by atoms with Crippen LogP contribution in [0.15, 0.2) is 24.5 Å². The van der Waals surface area contributed by atoms with Crippen LogP contribution in [0.25, 0.3) is 0 Å². The summed E-state index contributed by atoms with van der Waals surface area (Å²) < 4.78 is 0. The van der Waals surface area contributed by atoms with E-state index in [1.54, 1.807) is 12.2 Å². The zero-order chi connectivity index (χ0) is 7.82. The van der Waals surface area contributed by atoms with Gasteiger partial charge < -0.3 is 5.11 Å². The molecule has 0 aromatic rings. The summed E-state index contributed by atoms with van der Waals surface area (Å²) in [6.45, 7) is 5.64. The highest BCUT2D eigenvalue weighted by atomic mass is 16.3. The monoisotopic (exact) mass is 140 g/mol. The Labute approximate surface area is 63.1 Å². The molecule has 1 nitrogen and oxygen atoms in total. The number of aliphatic hydroxyl groups excluding tert-OH is 1. The fraction of sp³-hybridized carbons (Fsp3) is 0.556. The first-order chi connectivity index (χ1) is 4.81. The van der Waals surface area contributed by atoms with Gasteiger partial charge in [0, 0.05) is 6.42 Å². The smallest absolute Gasteiger partial charge is 0.0922 e. The predicted molar refractivity (Wildman–Crippen MR) is 45.1 cm³/mol. The lowest BCUT2D eigenvalue weighted by molar-refractivity contribution is 0.382. The Balaban J connectivity index is 3.29. The number of hydrogen-bond acceptors (Lipinski definition) is 1. The van der Waals surface area contributed by atoms with Crippen LogP contribution in [-0.4, -0.2) is 5.11 Å². The van der Waals surface area contributed by atoms with E-state index in [1.165, 1.54) is 12.8 Å². The lowest BCUT2D eigenvalue weighted by Crippen LogP contribution is -1.80. The standard InChI is InChI=1S/C9H16O/c1-3-5-6-8-9(10)7-4-2/h4,7,10H,2-3,5-6,8H2,1H3. The number of rotatable bonds is 5. The average molecular weight is 140 g/mol. The second-order valence-corrected chi connectivity index (χ2v) is 2.35. The van der Waals surface area contributed by atoms with E-state index in [4.69, 9.17) is 5.11 Å². The molecular formula is C9H16O. The molecule has 1 heteroatoms. The minimum Gasteiger partial charge on any atom is -0.512 e. The molecule has 0 aliphatic rings. The molecule has 58 valence electrons. The molecule has 0 amide bonds. The van der Waals surface area contributed by atoms with Gasteiger partial charge in [-0.1, -0.05) is 32.4 Å². The zero-order valence-corrected chi connectivity index (χ0v) is 6.64. The Bertz CT molecular complexity index is 114. The molecule has 0 radical (unpaired) electrons. The third-order valence-electron chi connectivity index (χ3n) is 1.35. The van der Waals surface area contributed by atoms with Crippen LogP contribution < -0.4 is 0 Å². The van der Waals surface area contributed by atoms with Gasteiger partial charge in [-0.3, -0.25) is 0 Å². The van der Waals surface area contributed by atoms with Crippen LogP contribution in [0.4, 0.5) is 0 Å². The maximum absolute atomic E-state index is 9.07. The van der Waals surface area contributed by atoms with Crippen molar-refractivity contribution in [2.75, 3.05) is 0 Å². The van der Waals surface area contributed by atoms with Gasteiger partial charge in [-0.15, -0.1) is 0 Å². The van der Waals surface area contributed by atoms with E-state index in [0.29, 0.717) is 5.76 Å². The maximum Gasteiger partial charge on any atom is 0.0922 e. The van der Waals surface area contributed by atoms with Crippen molar-refractivity contribution in [3.63, 3.8) is 0 Å². The van der Waals surface area contributed by atoms with Gasteiger partial charge >= 0.3 is 0 Å². The van der Waals surface area contributed by atoms with Gasteiger partial charge in [0.1, 0.15) is 0 Å². The fourth-order valence-corrected chi connectivity index (χ4v) is 0.775. The zero-order valence-electron chi connectivity index (χ0n) is 6.64. The fourth-order valence-electron chi connectivity index (χ4n) is 0.775. The summed E-state index contributed by atoms with van der Waals surface area (Å²) in [5.74, 6) is 0.448. The molecule has 0 aromatic heterocycles. The highest BCUT2D eigenvalue weighted by Gasteiger charge is 1.89. The second-order valence-electron chi connectivity index (χ2n) is 2.35. The van der Waals surface area contributed by atoms with E-state index in [0.717, 1.165) is 12.8 Å². The lowest BCUT2D eigenvalue weighted by Gasteiger charge is -1.96. The van der Waals surface area contributed by atoms with Gasteiger partial charge in [-0.25, -0.2) is 0 Å². The minimum atomic E-state index is 0.448. The number of allylic oxidation sites excluding steroid dienone is 3. The second kappa shape index (κ2) is 6.40. The van der Waals surface area contributed by atoms with Crippen LogP contribution in [0.3, 0.4) is 0 Å². The molecule has 0 aliphatic heterocycles. The van der Waals surface area contributed by atoms with Gasteiger partial charge in [-0.05, 0) is 12.5 Å². The molecule has 10 heavy (non-hydrogen) atoms. The first-order valence-electron chi connectivity index (χ1n) is 3.81. The Hall–Kier alpha value is -0.720. The normalized spacial score (nSPS) is 11.5. The molecule has 0 fully saturated rings. The predicted octanol–water partition coefficient (Wildman–Crippen LogP) is 3.19. The molecule has 0 aromatic carbocycles. The summed E-state index contributed by atoms with van der Waals surface area (Å²) in [6.07, 6.45) is 7.51. The third kappa shape index (κ3) is 5.42. The van der Waals surface area contributed by atoms with Crippen molar-refractivity contribution in [3.8, 4) is 0 Å². The van der Waals surface area contributed by atoms with Crippen LogP contribution in [0.1, 0.15) is 32.6 Å². The van der Waals surface area contributed by atoms with Crippen molar-refractivity contribution in [2.45, 2.75) is 32.6 Å². The van der Waals surface area contributed by atoms with E-state index in [-0.39, 0.29) is 0 Å². The van der Waals surface area contributed by atoms with Crippen LogP contribution in [0.2, 0.25) is 0 Å². The highest BCUT2D eigenvalue weighted by Crippen LogP contribution is 2.05. The first-order valence-corrected chi connectivity index (χ1v) is 3.81. The molecule has 0 bridgehead atoms. The van der Waals surface area contributed by atoms with Gasteiger partial charge in [0.05, 0.1) is 5.76 Å². The van der Waals surface area contributed by atoms with Gasteiger partial charge in [-0.2, -0.15) is 0 Å². The summed E-state index contributed by atoms with van der Waals surface area (Å²) in [7, 11) is 0. The summed E-state index contributed by atoms with van der Waals surface area (Å²) in [6, 6.07) is 0.